The number of hydrogen-bond donors (Lipinski definition) is 3. The van der Waals surface area contributed by atoms with Crippen molar-refractivity contribution >= 4 is 29.5 Å². The average molecular weight is 444 g/mol. The smallest absolute Gasteiger partial charge is 0.320 e. The zero-order valence-electron chi connectivity index (χ0n) is 19.2. The minimum atomic E-state index is -1.17. The number of carbonyl (C=O) groups excluding carboxylic acids is 4. The number of esters is 1. The van der Waals surface area contributed by atoms with Crippen LogP contribution in [0, 0.1) is 17.8 Å². The maximum Gasteiger partial charge on any atom is 0.320 e. The number of carbonyl (C=O) groups is 5. The topological polar surface area (TPSA) is 156 Å². The van der Waals surface area contributed by atoms with Gasteiger partial charge in [-0.2, -0.15) is 0 Å². The number of carboxylic acid groups (broad SMARTS) is 1. The van der Waals surface area contributed by atoms with Gasteiger partial charge in [0.2, 0.25) is 11.8 Å². The highest BCUT2D eigenvalue weighted by molar-refractivity contribution is 5.85. The number of amides is 2. The predicted molar refractivity (Wildman–Crippen MR) is 114 cm³/mol. The van der Waals surface area contributed by atoms with Crippen molar-refractivity contribution in [3.63, 3.8) is 0 Å². The monoisotopic (exact) mass is 443 g/mol. The first kappa shape index (κ1) is 28.5. The second kappa shape index (κ2) is 14.5. The summed E-state index contributed by atoms with van der Waals surface area (Å²) in [5, 5.41) is 11.4. The van der Waals surface area contributed by atoms with Crippen LogP contribution in [0.2, 0.25) is 0 Å². The molecule has 4 N–H and O–H groups in total. The standard InChI is InChI=1S/C21H37N3O7/c1-13(2)17(25)12-15(5)21(30)31-11-10-24(19(27)14(3)4)9-8-23-18(26)7-6-16(22)20(28)29/h13-16H,6-12,22H2,1-5H3,(H,23,26)(H,28,29)/t15?,16-/m0/s1. The van der Waals surface area contributed by atoms with E-state index < -0.39 is 23.9 Å². The van der Waals surface area contributed by atoms with Gasteiger partial charge in [0, 0.05) is 37.8 Å². The van der Waals surface area contributed by atoms with Crippen molar-refractivity contribution < 1.29 is 33.8 Å². The predicted octanol–water partition coefficient (Wildman–Crippen LogP) is 0.574. The first-order valence-corrected chi connectivity index (χ1v) is 10.6. The first-order valence-electron chi connectivity index (χ1n) is 10.6. The van der Waals surface area contributed by atoms with Crippen LogP contribution in [0.1, 0.15) is 53.9 Å². The molecule has 2 atom stereocenters. The van der Waals surface area contributed by atoms with Crippen molar-refractivity contribution in [2.24, 2.45) is 23.5 Å². The molecule has 0 aromatic carbocycles. The van der Waals surface area contributed by atoms with Crippen molar-refractivity contribution in [1.82, 2.24) is 10.2 Å². The zero-order chi connectivity index (χ0) is 24.1. The van der Waals surface area contributed by atoms with Gasteiger partial charge in [-0.25, -0.2) is 0 Å². The number of ketones is 1. The lowest BCUT2D eigenvalue weighted by Gasteiger charge is -2.25. The molecule has 1 unspecified atom stereocenters. The van der Waals surface area contributed by atoms with E-state index in [1.807, 2.05) is 0 Å². The van der Waals surface area contributed by atoms with Crippen LogP contribution in [-0.2, 0) is 28.7 Å². The van der Waals surface area contributed by atoms with E-state index in [4.69, 9.17) is 15.6 Å². The van der Waals surface area contributed by atoms with Crippen molar-refractivity contribution in [3.05, 3.63) is 0 Å². The van der Waals surface area contributed by atoms with Gasteiger partial charge in [0.15, 0.2) is 0 Å². The lowest BCUT2D eigenvalue weighted by Crippen LogP contribution is -2.42. The van der Waals surface area contributed by atoms with Crippen LogP contribution in [-0.4, -0.2) is 71.8 Å². The van der Waals surface area contributed by atoms with Crippen molar-refractivity contribution in [2.45, 2.75) is 59.9 Å². The van der Waals surface area contributed by atoms with Crippen molar-refractivity contribution in [2.75, 3.05) is 26.2 Å². The number of ether oxygens (including phenoxy) is 1. The summed E-state index contributed by atoms with van der Waals surface area (Å²) in [6, 6.07) is -1.10. The lowest BCUT2D eigenvalue weighted by molar-refractivity contribution is -0.151. The van der Waals surface area contributed by atoms with Gasteiger partial charge in [-0.15, -0.1) is 0 Å². The third-order valence-corrected chi connectivity index (χ3v) is 4.67. The highest BCUT2D eigenvalue weighted by atomic mass is 16.5. The van der Waals surface area contributed by atoms with E-state index in [1.165, 1.54) is 4.90 Å². The molecule has 0 aliphatic rings. The molecule has 0 rings (SSSR count). The fourth-order valence-corrected chi connectivity index (χ4v) is 2.55. The van der Waals surface area contributed by atoms with Crippen LogP contribution in [0.5, 0.6) is 0 Å². The molecule has 2 amide bonds. The summed E-state index contributed by atoms with van der Waals surface area (Å²) in [7, 11) is 0. The van der Waals surface area contributed by atoms with Gasteiger partial charge in [-0.05, 0) is 6.42 Å². The summed E-state index contributed by atoms with van der Waals surface area (Å²) >= 11 is 0. The molecule has 0 saturated heterocycles. The van der Waals surface area contributed by atoms with E-state index in [0.29, 0.717) is 0 Å². The molecule has 0 bridgehead atoms. The molecule has 10 nitrogen and oxygen atoms in total. The fourth-order valence-electron chi connectivity index (χ4n) is 2.55. The second-order valence-corrected chi connectivity index (χ2v) is 8.21. The Morgan fingerprint density at radius 3 is 2.13 bits per heavy atom. The largest absolute Gasteiger partial charge is 0.480 e. The maximum atomic E-state index is 12.4. The average Bonchev–Trinajstić information content (AvgIpc) is 2.69. The van der Waals surface area contributed by atoms with Crippen LogP contribution < -0.4 is 11.1 Å². The first-order chi connectivity index (χ1) is 14.4. The Morgan fingerprint density at radius 1 is 1.00 bits per heavy atom. The minimum absolute atomic E-state index is 0.0129. The summed E-state index contributed by atoms with van der Waals surface area (Å²) in [5.74, 6) is -3.16. The number of Topliss-reactive ketones (excluding diaryl/α,β-unsaturated/α-hetero) is 1. The molecule has 10 heteroatoms. The molecule has 0 fully saturated rings. The van der Waals surface area contributed by atoms with E-state index >= 15 is 0 Å². The number of aliphatic carboxylic acids is 1. The molecule has 0 aliphatic carbocycles. The number of hydrogen-bond acceptors (Lipinski definition) is 7. The van der Waals surface area contributed by atoms with Gasteiger partial charge in [-0.1, -0.05) is 34.6 Å². The maximum absolute atomic E-state index is 12.4. The van der Waals surface area contributed by atoms with Crippen LogP contribution in [0.3, 0.4) is 0 Å². The summed E-state index contributed by atoms with van der Waals surface area (Å²) in [4.78, 5) is 60.2. The Balaban J connectivity index is 4.51. The van der Waals surface area contributed by atoms with Crippen LogP contribution in [0.15, 0.2) is 0 Å². The normalized spacial score (nSPS) is 12.9. The van der Waals surface area contributed by atoms with E-state index in [2.05, 4.69) is 5.32 Å². The van der Waals surface area contributed by atoms with Gasteiger partial charge in [-0.3, -0.25) is 24.0 Å². The molecule has 0 spiro atoms. The SMILES string of the molecule is CC(C)C(=O)CC(C)C(=O)OCCN(CCNC(=O)CC[C@H](N)C(=O)O)C(=O)C(C)C. The van der Waals surface area contributed by atoms with Crippen LogP contribution in [0.4, 0.5) is 0 Å². The minimum Gasteiger partial charge on any atom is -0.480 e. The molecule has 31 heavy (non-hydrogen) atoms. The van der Waals surface area contributed by atoms with E-state index in [-0.39, 0.29) is 74.9 Å². The van der Waals surface area contributed by atoms with Crippen LogP contribution >= 0.6 is 0 Å². The van der Waals surface area contributed by atoms with Gasteiger partial charge in [0.25, 0.3) is 0 Å². The second-order valence-electron chi connectivity index (χ2n) is 8.21. The number of nitrogens with one attached hydrogen (secondary N) is 1. The number of nitrogens with zero attached hydrogens (tertiary/aromatic N) is 1. The Morgan fingerprint density at radius 2 is 1.61 bits per heavy atom. The summed E-state index contributed by atoms with van der Waals surface area (Å²) in [6.07, 6.45) is 0.0994. The van der Waals surface area contributed by atoms with E-state index in [1.54, 1.807) is 34.6 Å². The highest BCUT2D eigenvalue weighted by Gasteiger charge is 2.22. The van der Waals surface area contributed by atoms with Gasteiger partial charge in [0.05, 0.1) is 12.5 Å². The number of carboxylic acids is 1. The summed E-state index contributed by atoms with van der Waals surface area (Å²) in [6.45, 7) is 9.20. The highest BCUT2D eigenvalue weighted by Crippen LogP contribution is 2.10. The fraction of sp³-hybridized carbons (Fsp3) is 0.762. The van der Waals surface area contributed by atoms with Crippen LogP contribution in [0.25, 0.3) is 0 Å². The number of nitrogens with two attached hydrogens (primary N) is 1. The van der Waals surface area contributed by atoms with Gasteiger partial charge in [0.1, 0.15) is 18.4 Å². The lowest BCUT2D eigenvalue weighted by atomic mass is 9.98. The molecule has 0 aliphatic heterocycles. The Bertz CT molecular complexity index is 634. The van der Waals surface area contributed by atoms with E-state index in [9.17, 15) is 24.0 Å². The van der Waals surface area contributed by atoms with Gasteiger partial charge < -0.3 is 25.8 Å². The Hall–Kier alpha value is -2.49. The van der Waals surface area contributed by atoms with Crippen molar-refractivity contribution in [3.8, 4) is 0 Å². The Kier molecular flexibility index (Phi) is 13.3. The molecule has 178 valence electrons. The third-order valence-electron chi connectivity index (χ3n) is 4.67. The molecule has 0 saturated carbocycles. The number of rotatable bonds is 15. The Labute approximate surface area is 183 Å². The third kappa shape index (κ3) is 12.1. The van der Waals surface area contributed by atoms with E-state index in [0.717, 1.165) is 0 Å². The summed E-state index contributed by atoms with van der Waals surface area (Å²) < 4.78 is 5.22. The molecule has 0 aromatic heterocycles. The summed E-state index contributed by atoms with van der Waals surface area (Å²) in [5.41, 5.74) is 5.36. The molecular weight excluding hydrogens is 406 g/mol. The van der Waals surface area contributed by atoms with Crippen molar-refractivity contribution in [1.29, 1.82) is 0 Å². The molecule has 0 heterocycles. The molecular formula is C21H37N3O7. The zero-order valence-corrected chi connectivity index (χ0v) is 19.2. The molecule has 0 aromatic rings. The quantitative estimate of drug-likeness (QED) is 0.310. The van der Waals surface area contributed by atoms with Gasteiger partial charge >= 0.3 is 11.9 Å². The molecule has 0 radical (unpaired) electrons.